The molecule has 9 heteroatoms. The second kappa shape index (κ2) is 9.43. The third kappa shape index (κ3) is 4.98. The molecular formula is C20H17BrN2O4S2. The van der Waals surface area contributed by atoms with Gasteiger partial charge >= 0.3 is 0 Å². The van der Waals surface area contributed by atoms with Crippen LogP contribution in [0.1, 0.15) is 22.8 Å². The molecule has 2 aromatic rings. The van der Waals surface area contributed by atoms with Crippen LogP contribution in [0.3, 0.4) is 0 Å². The Morgan fingerprint density at radius 3 is 2.62 bits per heavy atom. The van der Waals surface area contributed by atoms with Crippen molar-refractivity contribution in [3.05, 3.63) is 63.0 Å². The maximum Gasteiger partial charge on any atom is 0.285 e. The lowest BCUT2D eigenvalue weighted by Gasteiger charge is -2.15. The summed E-state index contributed by atoms with van der Waals surface area (Å²) in [6, 6.07) is 12.2. The third-order valence-electron chi connectivity index (χ3n) is 3.90. The maximum absolute atomic E-state index is 12.7. The molecule has 6 nitrogen and oxygen atoms in total. The van der Waals surface area contributed by atoms with E-state index in [1.54, 1.807) is 49.6 Å². The first-order valence-corrected chi connectivity index (χ1v) is 10.6. The highest BCUT2D eigenvalue weighted by atomic mass is 79.9. The Labute approximate surface area is 186 Å². The third-order valence-corrected chi connectivity index (χ3v) is 5.73. The molecule has 1 fully saturated rings. The lowest BCUT2D eigenvalue weighted by Crippen LogP contribution is -2.44. The van der Waals surface area contributed by atoms with E-state index in [9.17, 15) is 9.59 Å². The van der Waals surface area contributed by atoms with E-state index in [0.717, 1.165) is 26.8 Å². The number of thiocarbonyl (C=S) groups is 1. The molecule has 3 rings (SSSR count). The first kappa shape index (κ1) is 21.4. The van der Waals surface area contributed by atoms with Crippen molar-refractivity contribution in [1.82, 2.24) is 10.4 Å². The summed E-state index contributed by atoms with van der Waals surface area (Å²) >= 11 is 9.70. The van der Waals surface area contributed by atoms with Crippen LogP contribution in [0.5, 0.6) is 11.5 Å². The number of carbonyl (C=O) groups excluding carboxylic acids is 2. The van der Waals surface area contributed by atoms with E-state index in [-0.39, 0.29) is 4.32 Å². The van der Waals surface area contributed by atoms with Gasteiger partial charge in [-0.3, -0.25) is 15.0 Å². The summed E-state index contributed by atoms with van der Waals surface area (Å²) in [5.41, 5.74) is 3.73. The molecule has 150 valence electrons. The molecular weight excluding hydrogens is 476 g/mol. The lowest BCUT2D eigenvalue weighted by molar-refractivity contribution is -0.123. The number of hydrogen-bond acceptors (Lipinski definition) is 6. The van der Waals surface area contributed by atoms with E-state index in [1.807, 2.05) is 13.0 Å². The first-order valence-electron chi connectivity index (χ1n) is 8.58. The van der Waals surface area contributed by atoms with Crippen LogP contribution >= 0.6 is 39.9 Å². The number of nitrogens with one attached hydrogen (secondary N) is 1. The summed E-state index contributed by atoms with van der Waals surface area (Å²) < 4.78 is 12.0. The number of hydrogen-bond donors (Lipinski definition) is 1. The summed E-state index contributed by atoms with van der Waals surface area (Å²) in [5, 5.41) is 1.09. The van der Waals surface area contributed by atoms with E-state index in [2.05, 4.69) is 21.4 Å². The summed E-state index contributed by atoms with van der Waals surface area (Å²) in [6.45, 7) is 2.41. The van der Waals surface area contributed by atoms with Crippen LogP contribution in [0.15, 0.2) is 51.8 Å². The monoisotopic (exact) mass is 492 g/mol. The molecule has 0 saturated carbocycles. The fraction of sp³-hybridized carbons (Fsp3) is 0.150. The Hall–Kier alpha value is -2.36. The van der Waals surface area contributed by atoms with Gasteiger partial charge in [0.25, 0.3) is 11.8 Å². The highest BCUT2D eigenvalue weighted by molar-refractivity contribution is 9.10. The van der Waals surface area contributed by atoms with E-state index < -0.39 is 11.8 Å². The second-order valence-corrected chi connectivity index (χ2v) is 8.40. The average Bonchev–Trinajstić information content (AvgIpc) is 2.97. The number of nitrogens with zero attached hydrogens (tertiary/aromatic N) is 1. The number of hydrazine groups is 1. The van der Waals surface area contributed by atoms with Gasteiger partial charge in [0.2, 0.25) is 0 Å². The number of methoxy groups -OCH3 is 1. The number of rotatable bonds is 6. The highest BCUT2D eigenvalue weighted by Crippen LogP contribution is 2.34. The van der Waals surface area contributed by atoms with Gasteiger partial charge in [-0.1, -0.05) is 33.8 Å². The molecule has 1 heterocycles. The van der Waals surface area contributed by atoms with Crippen molar-refractivity contribution in [2.75, 3.05) is 13.7 Å². The Bertz CT molecular complexity index is 992. The summed E-state index contributed by atoms with van der Waals surface area (Å²) in [5.74, 6) is 0.386. The predicted octanol–water partition coefficient (Wildman–Crippen LogP) is 4.40. The molecule has 0 atom stereocenters. The number of benzene rings is 2. The zero-order valence-electron chi connectivity index (χ0n) is 15.6. The van der Waals surface area contributed by atoms with Crippen molar-refractivity contribution in [2.24, 2.45) is 0 Å². The van der Waals surface area contributed by atoms with Crippen LogP contribution in [0, 0.1) is 0 Å². The minimum absolute atomic E-state index is 0.254. The molecule has 0 spiro atoms. The van der Waals surface area contributed by atoms with Gasteiger partial charge in [-0.25, -0.2) is 0 Å². The molecule has 1 aliphatic heterocycles. The van der Waals surface area contributed by atoms with Gasteiger partial charge in [0.15, 0.2) is 15.8 Å². The van der Waals surface area contributed by atoms with Crippen LogP contribution in [-0.4, -0.2) is 34.9 Å². The Balaban J connectivity index is 1.77. The SMILES string of the molecule is CCOc1ccc(/C=C2\SC(=S)N(NC(=O)c3ccc(Br)cc3)C2=O)cc1OC. The molecule has 0 bridgehead atoms. The normalized spacial score (nSPS) is 15.0. The van der Waals surface area contributed by atoms with Gasteiger partial charge in [0, 0.05) is 10.0 Å². The smallest absolute Gasteiger partial charge is 0.285 e. The largest absolute Gasteiger partial charge is 0.493 e. The van der Waals surface area contributed by atoms with Crippen LogP contribution in [-0.2, 0) is 4.79 Å². The zero-order valence-corrected chi connectivity index (χ0v) is 18.8. The lowest BCUT2D eigenvalue weighted by atomic mass is 10.2. The van der Waals surface area contributed by atoms with Crippen molar-refractivity contribution in [1.29, 1.82) is 0 Å². The maximum atomic E-state index is 12.7. The van der Waals surface area contributed by atoms with Crippen molar-refractivity contribution < 1.29 is 19.1 Å². The van der Waals surface area contributed by atoms with Crippen molar-refractivity contribution >= 4 is 62.1 Å². The fourth-order valence-corrected chi connectivity index (χ4v) is 3.98. The Kier molecular flexibility index (Phi) is 6.94. The Morgan fingerprint density at radius 2 is 1.97 bits per heavy atom. The van der Waals surface area contributed by atoms with Gasteiger partial charge in [0.05, 0.1) is 18.6 Å². The molecule has 1 N–H and O–H groups in total. The van der Waals surface area contributed by atoms with Crippen molar-refractivity contribution in [3.63, 3.8) is 0 Å². The predicted molar refractivity (Wildman–Crippen MR) is 121 cm³/mol. The topological polar surface area (TPSA) is 67.9 Å². The average molecular weight is 493 g/mol. The molecule has 1 aliphatic rings. The molecule has 1 saturated heterocycles. The van der Waals surface area contributed by atoms with E-state index in [0.29, 0.717) is 28.6 Å². The van der Waals surface area contributed by atoms with E-state index in [4.69, 9.17) is 21.7 Å². The molecule has 29 heavy (non-hydrogen) atoms. The van der Waals surface area contributed by atoms with Crippen LogP contribution in [0.2, 0.25) is 0 Å². The highest BCUT2D eigenvalue weighted by Gasteiger charge is 2.33. The number of amides is 2. The number of carbonyl (C=O) groups is 2. The van der Waals surface area contributed by atoms with Crippen LogP contribution < -0.4 is 14.9 Å². The van der Waals surface area contributed by atoms with Gasteiger partial charge in [-0.15, -0.1) is 0 Å². The van der Waals surface area contributed by atoms with E-state index in [1.165, 1.54) is 0 Å². The quantitative estimate of drug-likeness (QED) is 0.475. The molecule has 0 aromatic heterocycles. The van der Waals surface area contributed by atoms with Crippen LogP contribution in [0.25, 0.3) is 6.08 Å². The van der Waals surface area contributed by atoms with Gasteiger partial charge in [0.1, 0.15) is 0 Å². The number of thioether (sulfide) groups is 1. The molecule has 2 amide bonds. The zero-order chi connectivity index (χ0) is 21.0. The van der Waals surface area contributed by atoms with Crippen molar-refractivity contribution in [2.45, 2.75) is 6.92 Å². The van der Waals surface area contributed by atoms with Gasteiger partial charge in [-0.05, 0) is 67.2 Å². The number of ether oxygens (including phenoxy) is 2. The first-order chi connectivity index (χ1) is 13.9. The second-order valence-electron chi connectivity index (χ2n) is 5.81. The Morgan fingerprint density at radius 1 is 1.24 bits per heavy atom. The minimum atomic E-state index is -0.419. The van der Waals surface area contributed by atoms with Gasteiger partial charge < -0.3 is 9.47 Å². The van der Waals surface area contributed by atoms with Crippen LogP contribution in [0.4, 0.5) is 0 Å². The minimum Gasteiger partial charge on any atom is -0.493 e. The van der Waals surface area contributed by atoms with Crippen molar-refractivity contribution in [3.8, 4) is 11.5 Å². The molecule has 0 unspecified atom stereocenters. The summed E-state index contributed by atoms with van der Waals surface area (Å²) in [4.78, 5) is 25.5. The van der Waals surface area contributed by atoms with Gasteiger partial charge in [-0.2, -0.15) is 5.01 Å². The summed E-state index contributed by atoms with van der Waals surface area (Å²) in [7, 11) is 1.55. The van der Waals surface area contributed by atoms with E-state index >= 15 is 0 Å². The standard InChI is InChI=1S/C20H17BrN2O4S2/c1-3-27-15-9-4-12(10-16(15)26-2)11-17-19(25)23(20(28)29-17)22-18(24)13-5-7-14(21)8-6-13/h4-11H,3H2,1-2H3,(H,22,24)/b17-11-. The summed E-state index contributed by atoms with van der Waals surface area (Å²) in [6.07, 6.45) is 1.70. The number of halogens is 1. The molecule has 0 radical (unpaired) electrons. The molecule has 0 aliphatic carbocycles. The molecule has 2 aromatic carbocycles. The fourth-order valence-electron chi connectivity index (χ4n) is 2.53.